The fourth-order valence-corrected chi connectivity index (χ4v) is 1.78. The van der Waals surface area contributed by atoms with E-state index in [9.17, 15) is 4.79 Å². The smallest absolute Gasteiger partial charge is 0.222 e. The monoisotopic (exact) mass is 249 g/mol. The normalized spacial score (nSPS) is 12.2. The van der Waals surface area contributed by atoms with Crippen molar-refractivity contribution in [3.8, 4) is 0 Å². The van der Waals surface area contributed by atoms with E-state index in [-0.39, 0.29) is 11.8 Å². The van der Waals surface area contributed by atoms with Crippen LogP contribution >= 0.6 is 0 Å². The van der Waals surface area contributed by atoms with Crippen LogP contribution in [-0.2, 0) is 4.79 Å². The maximum absolute atomic E-state index is 11.2. The molecule has 1 atom stereocenters. The van der Waals surface area contributed by atoms with Gasteiger partial charge >= 0.3 is 0 Å². The highest BCUT2D eigenvalue weighted by atomic mass is 16.1. The summed E-state index contributed by atoms with van der Waals surface area (Å²) in [6.45, 7) is 6.04. The van der Waals surface area contributed by atoms with Crippen molar-refractivity contribution in [1.29, 1.82) is 0 Å². The Morgan fingerprint density at radius 1 is 1.33 bits per heavy atom. The van der Waals surface area contributed by atoms with Crippen LogP contribution in [0.5, 0.6) is 0 Å². The Labute approximate surface area is 109 Å². The van der Waals surface area contributed by atoms with Crippen molar-refractivity contribution in [3.63, 3.8) is 0 Å². The number of carbonyl (C=O) groups excluding carboxylic acids is 1. The third kappa shape index (κ3) is 4.37. The largest absolute Gasteiger partial charge is 0.371 e. The number of anilines is 1. The number of nitrogens with two attached hydrogens (primary N) is 2. The Kier molecular flexibility index (Phi) is 5.65. The van der Waals surface area contributed by atoms with Crippen molar-refractivity contribution >= 4 is 11.6 Å². The molecular weight excluding hydrogens is 226 g/mol. The van der Waals surface area contributed by atoms with E-state index >= 15 is 0 Å². The first kappa shape index (κ1) is 14.5. The number of amides is 1. The summed E-state index contributed by atoms with van der Waals surface area (Å²) in [5, 5.41) is 0. The van der Waals surface area contributed by atoms with Gasteiger partial charge < -0.3 is 16.4 Å². The molecule has 1 rings (SSSR count). The Morgan fingerprint density at radius 3 is 2.44 bits per heavy atom. The van der Waals surface area contributed by atoms with E-state index in [4.69, 9.17) is 11.5 Å². The summed E-state index contributed by atoms with van der Waals surface area (Å²) in [6, 6.07) is 8.28. The van der Waals surface area contributed by atoms with Crippen LogP contribution in [0, 0.1) is 12.8 Å². The van der Waals surface area contributed by atoms with Gasteiger partial charge in [-0.1, -0.05) is 24.6 Å². The highest BCUT2D eigenvalue weighted by molar-refractivity contribution is 5.77. The Balaban J connectivity index is 2.76. The van der Waals surface area contributed by atoms with Gasteiger partial charge in [-0.05, 0) is 32.0 Å². The molecule has 0 spiro atoms. The number of nitrogens with zero attached hydrogens (tertiary/aromatic N) is 1. The average molecular weight is 249 g/mol. The van der Waals surface area contributed by atoms with E-state index in [0.717, 1.165) is 18.7 Å². The first-order chi connectivity index (χ1) is 8.54. The number of carbonyl (C=O) groups is 1. The number of hydrogen-bond donors (Lipinski definition) is 2. The lowest BCUT2D eigenvalue weighted by molar-refractivity contribution is -0.121. The molecular formula is C14H23N3O. The molecule has 0 fully saturated rings. The molecule has 4 heteroatoms. The highest BCUT2D eigenvalue weighted by Gasteiger charge is 2.14. The molecule has 1 aromatic carbocycles. The topological polar surface area (TPSA) is 72.3 Å². The van der Waals surface area contributed by atoms with E-state index in [1.54, 1.807) is 0 Å². The summed E-state index contributed by atoms with van der Waals surface area (Å²) in [4.78, 5) is 13.3. The predicted octanol–water partition coefficient (Wildman–Crippen LogP) is 1.27. The molecule has 0 aliphatic carbocycles. The third-order valence-electron chi connectivity index (χ3n) is 3.01. The van der Waals surface area contributed by atoms with Gasteiger partial charge in [-0.25, -0.2) is 0 Å². The van der Waals surface area contributed by atoms with Crippen molar-refractivity contribution in [2.45, 2.75) is 20.3 Å². The Morgan fingerprint density at radius 2 is 1.94 bits per heavy atom. The minimum absolute atomic E-state index is 0.163. The molecule has 18 heavy (non-hydrogen) atoms. The van der Waals surface area contributed by atoms with Gasteiger partial charge in [0.2, 0.25) is 5.91 Å². The van der Waals surface area contributed by atoms with Crippen LogP contribution in [0.4, 0.5) is 5.69 Å². The zero-order valence-corrected chi connectivity index (χ0v) is 11.2. The van der Waals surface area contributed by atoms with E-state index in [0.29, 0.717) is 13.1 Å². The summed E-state index contributed by atoms with van der Waals surface area (Å²) in [5.74, 6) is -0.427. The number of hydrogen-bond acceptors (Lipinski definition) is 3. The van der Waals surface area contributed by atoms with Crippen molar-refractivity contribution in [2.75, 3.05) is 24.5 Å². The quantitative estimate of drug-likeness (QED) is 0.764. The number of primary amides is 1. The molecule has 0 aliphatic heterocycles. The number of rotatable bonds is 7. The maximum Gasteiger partial charge on any atom is 0.222 e. The molecule has 1 unspecified atom stereocenters. The van der Waals surface area contributed by atoms with Crippen molar-refractivity contribution in [2.24, 2.45) is 17.4 Å². The molecule has 0 saturated heterocycles. The van der Waals surface area contributed by atoms with Crippen molar-refractivity contribution in [3.05, 3.63) is 29.8 Å². The van der Waals surface area contributed by atoms with Crippen LogP contribution in [0.25, 0.3) is 0 Å². The second-order valence-corrected chi connectivity index (χ2v) is 4.73. The van der Waals surface area contributed by atoms with Gasteiger partial charge in [0, 0.05) is 18.8 Å². The highest BCUT2D eigenvalue weighted by Crippen LogP contribution is 2.17. The molecule has 0 aliphatic rings. The third-order valence-corrected chi connectivity index (χ3v) is 3.01. The molecule has 0 aromatic heterocycles. The van der Waals surface area contributed by atoms with Crippen LogP contribution in [0.1, 0.15) is 18.9 Å². The molecule has 0 radical (unpaired) electrons. The predicted molar refractivity (Wildman–Crippen MR) is 75.4 cm³/mol. The second kappa shape index (κ2) is 7.01. The summed E-state index contributed by atoms with van der Waals surface area (Å²) >= 11 is 0. The Bertz CT molecular complexity index is 375. The zero-order chi connectivity index (χ0) is 13.5. The van der Waals surface area contributed by atoms with E-state index in [2.05, 4.69) is 36.1 Å². The molecule has 0 saturated carbocycles. The summed E-state index contributed by atoms with van der Waals surface area (Å²) < 4.78 is 0. The van der Waals surface area contributed by atoms with Gasteiger partial charge in [0.25, 0.3) is 0 Å². The maximum atomic E-state index is 11.2. The lowest BCUT2D eigenvalue weighted by atomic mass is 10.1. The minimum Gasteiger partial charge on any atom is -0.371 e. The second-order valence-electron chi connectivity index (χ2n) is 4.73. The number of aryl methyl sites for hydroxylation is 1. The SMILES string of the molecule is Cc1ccc(N(CCCN)CC(C)C(N)=O)cc1. The fourth-order valence-electron chi connectivity index (χ4n) is 1.78. The van der Waals surface area contributed by atoms with Crippen molar-refractivity contribution in [1.82, 2.24) is 0 Å². The van der Waals surface area contributed by atoms with Crippen LogP contribution in [0.15, 0.2) is 24.3 Å². The zero-order valence-electron chi connectivity index (χ0n) is 11.2. The molecule has 4 nitrogen and oxygen atoms in total. The van der Waals surface area contributed by atoms with E-state index < -0.39 is 0 Å². The molecule has 0 heterocycles. The molecule has 100 valence electrons. The molecule has 0 bridgehead atoms. The van der Waals surface area contributed by atoms with Gasteiger partial charge in [-0.3, -0.25) is 4.79 Å². The van der Waals surface area contributed by atoms with Gasteiger partial charge in [0.15, 0.2) is 0 Å². The Hall–Kier alpha value is -1.55. The van der Waals surface area contributed by atoms with Gasteiger partial charge in [-0.15, -0.1) is 0 Å². The van der Waals surface area contributed by atoms with E-state index in [1.807, 2.05) is 6.92 Å². The fraction of sp³-hybridized carbons (Fsp3) is 0.500. The van der Waals surface area contributed by atoms with Crippen LogP contribution < -0.4 is 16.4 Å². The first-order valence-electron chi connectivity index (χ1n) is 6.35. The minimum atomic E-state index is -0.264. The summed E-state index contributed by atoms with van der Waals surface area (Å²) in [5.41, 5.74) is 13.2. The number of benzene rings is 1. The lowest BCUT2D eigenvalue weighted by Crippen LogP contribution is -2.36. The standard InChI is InChI=1S/C14H23N3O/c1-11-4-6-13(7-5-11)17(9-3-8-15)10-12(2)14(16)18/h4-7,12H,3,8-10,15H2,1-2H3,(H2,16,18). The molecule has 4 N–H and O–H groups in total. The molecule has 1 amide bonds. The lowest BCUT2D eigenvalue weighted by Gasteiger charge is -2.27. The van der Waals surface area contributed by atoms with Crippen LogP contribution in [-0.4, -0.2) is 25.5 Å². The van der Waals surface area contributed by atoms with Gasteiger partial charge in [0.1, 0.15) is 0 Å². The van der Waals surface area contributed by atoms with Crippen LogP contribution in [0.2, 0.25) is 0 Å². The summed E-state index contributed by atoms with van der Waals surface area (Å²) in [7, 11) is 0. The first-order valence-corrected chi connectivity index (χ1v) is 6.35. The van der Waals surface area contributed by atoms with E-state index in [1.165, 1.54) is 5.56 Å². The average Bonchev–Trinajstić information content (AvgIpc) is 2.35. The van der Waals surface area contributed by atoms with Crippen molar-refractivity contribution < 1.29 is 4.79 Å². The van der Waals surface area contributed by atoms with Crippen LogP contribution in [0.3, 0.4) is 0 Å². The summed E-state index contributed by atoms with van der Waals surface area (Å²) in [6.07, 6.45) is 0.902. The van der Waals surface area contributed by atoms with Gasteiger partial charge in [0.05, 0.1) is 5.92 Å². The molecule has 1 aromatic rings. The van der Waals surface area contributed by atoms with Gasteiger partial charge in [-0.2, -0.15) is 0 Å².